The molecule has 0 spiro atoms. The Hall–Kier alpha value is -3.22. The van der Waals surface area contributed by atoms with E-state index in [2.05, 4.69) is 15.5 Å². The Bertz CT molecular complexity index is 994. The van der Waals surface area contributed by atoms with Crippen LogP contribution in [0.2, 0.25) is 0 Å². The third-order valence-electron chi connectivity index (χ3n) is 4.07. The number of hydrogen-bond acceptors (Lipinski definition) is 6. The fourth-order valence-corrected chi connectivity index (χ4v) is 2.58. The molecule has 0 aliphatic carbocycles. The molecule has 7 heteroatoms. The second-order valence-corrected chi connectivity index (χ2v) is 6.64. The van der Waals surface area contributed by atoms with Gasteiger partial charge in [-0.1, -0.05) is 37.2 Å². The lowest BCUT2D eigenvalue weighted by Gasteiger charge is -2.15. The number of esters is 1. The van der Waals surface area contributed by atoms with E-state index in [-0.39, 0.29) is 11.8 Å². The van der Waals surface area contributed by atoms with Crippen LogP contribution in [0.25, 0.3) is 10.9 Å². The number of amides is 1. The molecule has 1 amide bonds. The van der Waals surface area contributed by atoms with E-state index in [9.17, 15) is 9.59 Å². The molecular formula is C20H21N3O4. The highest BCUT2D eigenvalue weighted by atomic mass is 16.5. The maximum Gasteiger partial charge on any atom is 0.339 e. The lowest BCUT2D eigenvalue weighted by Crippen LogP contribution is -2.30. The summed E-state index contributed by atoms with van der Waals surface area (Å²) >= 11 is 0. The van der Waals surface area contributed by atoms with E-state index in [0.717, 1.165) is 5.69 Å². The number of carbonyl (C=O) groups is 2. The average Bonchev–Trinajstić information content (AvgIpc) is 3.05. The highest BCUT2D eigenvalue weighted by molar-refractivity contribution is 6.05. The molecule has 0 aliphatic rings. The molecular weight excluding hydrogens is 346 g/mol. The second kappa shape index (κ2) is 7.57. The molecule has 2 aromatic heterocycles. The Morgan fingerprint density at radius 2 is 1.89 bits per heavy atom. The predicted molar refractivity (Wildman–Crippen MR) is 101 cm³/mol. The number of nitrogens with zero attached hydrogens (tertiary/aromatic N) is 2. The topological polar surface area (TPSA) is 94.3 Å². The van der Waals surface area contributed by atoms with Crippen LogP contribution in [0, 0.1) is 6.92 Å². The molecule has 1 N–H and O–H groups in total. The summed E-state index contributed by atoms with van der Waals surface area (Å²) in [5.41, 5.74) is 2.53. The van der Waals surface area contributed by atoms with E-state index >= 15 is 0 Å². The Kier molecular flexibility index (Phi) is 5.21. The molecule has 0 fully saturated rings. The normalized spacial score (nSPS) is 12.2. The van der Waals surface area contributed by atoms with Crippen LogP contribution >= 0.6 is 0 Å². The predicted octanol–water partition coefficient (Wildman–Crippen LogP) is 3.84. The maximum atomic E-state index is 12.7. The summed E-state index contributed by atoms with van der Waals surface area (Å²) in [4.78, 5) is 29.6. The Labute approximate surface area is 156 Å². The van der Waals surface area contributed by atoms with Gasteiger partial charge in [0.25, 0.3) is 5.91 Å². The molecule has 3 aromatic rings. The van der Waals surface area contributed by atoms with Crippen molar-refractivity contribution >= 4 is 28.7 Å². The highest BCUT2D eigenvalue weighted by Gasteiger charge is 2.22. The van der Waals surface area contributed by atoms with Crippen molar-refractivity contribution in [2.24, 2.45) is 0 Å². The minimum absolute atomic E-state index is 0.150. The molecule has 1 atom stereocenters. The summed E-state index contributed by atoms with van der Waals surface area (Å²) in [7, 11) is 0. The first kappa shape index (κ1) is 18.6. The Balaban J connectivity index is 1.81. The first-order chi connectivity index (χ1) is 12.8. The largest absolute Gasteiger partial charge is 0.449 e. The molecule has 27 heavy (non-hydrogen) atoms. The van der Waals surface area contributed by atoms with Crippen molar-refractivity contribution in [3.05, 3.63) is 53.3 Å². The third-order valence-corrected chi connectivity index (χ3v) is 4.07. The van der Waals surface area contributed by atoms with E-state index in [4.69, 9.17) is 9.26 Å². The van der Waals surface area contributed by atoms with Crippen LogP contribution in [-0.4, -0.2) is 28.1 Å². The number of fused-ring (bicyclic) bond motifs is 1. The quantitative estimate of drug-likeness (QED) is 0.689. The molecule has 3 rings (SSSR count). The van der Waals surface area contributed by atoms with Crippen LogP contribution in [0.3, 0.4) is 0 Å². The van der Waals surface area contributed by atoms with Gasteiger partial charge in [0.15, 0.2) is 6.10 Å². The third kappa shape index (κ3) is 4.13. The average molecular weight is 367 g/mol. The zero-order valence-electron chi connectivity index (χ0n) is 15.6. The maximum absolute atomic E-state index is 12.7. The molecule has 1 aromatic carbocycles. The van der Waals surface area contributed by atoms with Crippen molar-refractivity contribution in [1.82, 2.24) is 10.1 Å². The fraction of sp³-hybridized carbons (Fsp3) is 0.300. The van der Waals surface area contributed by atoms with Crippen molar-refractivity contribution < 1.29 is 18.8 Å². The van der Waals surface area contributed by atoms with Gasteiger partial charge in [-0.2, -0.15) is 0 Å². The lowest BCUT2D eigenvalue weighted by molar-refractivity contribution is -0.123. The van der Waals surface area contributed by atoms with Gasteiger partial charge >= 0.3 is 5.97 Å². The zero-order valence-corrected chi connectivity index (χ0v) is 15.6. The molecule has 2 heterocycles. The van der Waals surface area contributed by atoms with Gasteiger partial charge < -0.3 is 9.26 Å². The smallest absolute Gasteiger partial charge is 0.339 e. The molecule has 7 nitrogen and oxygen atoms in total. The van der Waals surface area contributed by atoms with Crippen LogP contribution in [0.15, 0.2) is 40.9 Å². The van der Waals surface area contributed by atoms with Crippen LogP contribution in [-0.2, 0) is 9.53 Å². The Morgan fingerprint density at radius 3 is 2.56 bits per heavy atom. The summed E-state index contributed by atoms with van der Waals surface area (Å²) in [6, 6.07) is 10.7. The number of aryl methyl sites for hydroxylation is 1. The minimum Gasteiger partial charge on any atom is -0.449 e. The van der Waals surface area contributed by atoms with E-state index in [1.165, 1.54) is 6.92 Å². The van der Waals surface area contributed by atoms with Gasteiger partial charge in [-0.3, -0.25) is 15.1 Å². The van der Waals surface area contributed by atoms with Crippen LogP contribution < -0.4 is 5.32 Å². The first-order valence-electron chi connectivity index (χ1n) is 8.70. The van der Waals surface area contributed by atoms with Gasteiger partial charge in [0, 0.05) is 17.1 Å². The van der Waals surface area contributed by atoms with Gasteiger partial charge in [0.1, 0.15) is 0 Å². The van der Waals surface area contributed by atoms with Crippen LogP contribution in [0.1, 0.15) is 48.4 Å². The Morgan fingerprint density at radius 1 is 1.15 bits per heavy atom. The SMILES string of the molecule is Cc1cc(NC(=O)C(C)OC(=O)c2cc(C(C)C)nc3ccccc23)on1. The van der Waals surface area contributed by atoms with Crippen LogP contribution in [0.4, 0.5) is 5.88 Å². The van der Waals surface area contributed by atoms with Crippen molar-refractivity contribution in [3.8, 4) is 0 Å². The van der Waals surface area contributed by atoms with E-state index < -0.39 is 18.0 Å². The van der Waals surface area contributed by atoms with Gasteiger partial charge in [0.2, 0.25) is 5.88 Å². The van der Waals surface area contributed by atoms with Gasteiger partial charge in [-0.25, -0.2) is 4.79 Å². The monoisotopic (exact) mass is 367 g/mol. The number of pyridine rings is 1. The summed E-state index contributed by atoms with van der Waals surface area (Å²) in [5, 5.41) is 6.91. The van der Waals surface area contributed by atoms with E-state index in [1.807, 2.05) is 38.1 Å². The van der Waals surface area contributed by atoms with Gasteiger partial charge in [-0.15, -0.1) is 0 Å². The van der Waals surface area contributed by atoms with Crippen LogP contribution in [0.5, 0.6) is 0 Å². The molecule has 0 bridgehead atoms. The van der Waals surface area contributed by atoms with Crippen molar-refractivity contribution in [3.63, 3.8) is 0 Å². The standard InChI is InChI=1S/C20H21N3O4/c1-11(2)17-10-15(14-7-5-6-8-16(14)21-17)20(25)26-13(4)19(24)22-18-9-12(3)23-27-18/h5-11,13H,1-4H3,(H,22,24). The minimum atomic E-state index is -1.00. The number of hydrogen-bond donors (Lipinski definition) is 1. The number of para-hydroxylation sites is 1. The van der Waals surface area contributed by atoms with E-state index in [1.54, 1.807) is 19.1 Å². The van der Waals surface area contributed by atoms with Gasteiger partial charge in [-0.05, 0) is 31.9 Å². The summed E-state index contributed by atoms with van der Waals surface area (Å²) < 4.78 is 10.3. The summed E-state index contributed by atoms with van der Waals surface area (Å²) in [6.07, 6.45) is -1.00. The van der Waals surface area contributed by atoms with Gasteiger partial charge in [0.05, 0.1) is 16.8 Å². The summed E-state index contributed by atoms with van der Waals surface area (Å²) in [6.45, 7) is 7.25. The number of carbonyl (C=O) groups excluding carboxylic acids is 2. The van der Waals surface area contributed by atoms with Crippen molar-refractivity contribution in [2.75, 3.05) is 5.32 Å². The fourth-order valence-electron chi connectivity index (χ4n) is 2.58. The lowest BCUT2D eigenvalue weighted by atomic mass is 10.0. The number of anilines is 1. The molecule has 140 valence electrons. The van der Waals surface area contributed by atoms with E-state index in [0.29, 0.717) is 22.2 Å². The first-order valence-corrected chi connectivity index (χ1v) is 8.70. The number of aromatic nitrogens is 2. The second-order valence-electron chi connectivity index (χ2n) is 6.64. The number of rotatable bonds is 5. The summed E-state index contributed by atoms with van der Waals surface area (Å²) in [5.74, 6) is -0.720. The molecule has 0 aliphatic heterocycles. The molecule has 1 unspecified atom stereocenters. The molecule has 0 saturated carbocycles. The highest BCUT2D eigenvalue weighted by Crippen LogP contribution is 2.23. The molecule has 0 saturated heterocycles. The zero-order chi connectivity index (χ0) is 19.6. The van der Waals surface area contributed by atoms with Crippen molar-refractivity contribution in [1.29, 1.82) is 0 Å². The number of ether oxygens (including phenoxy) is 1. The molecule has 0 radical (unpaired) electrons. The number of nitrogens with one attached hydrogen (secondary N) is 1. The van der Waals surface area contributed by atoms with Crippen molar-refractivity contribution in [2.45, 2.75) is 39.7 Å². The number of benzene rings is 1.